The molecular weight excluding hydrogens is 252 g/mol. The van der Waals surface area contributed by atoms with Gasteiger partial charge in [0, 0.05) is 26.1 Å². The second-order valence-corrected chi connectivity index (χ2v) is 5.23. The van der Waals surface area contributed by atoms with E-state index in [2.05, 4.69) is 17.4 Å². The van der Waals surface area contributed by atoms with E-state index in [1.807, 2.05) is 30.1 Å². The third-order valence-corrected chi connectivity index (χ3v) is 3.71. The monoisotopic (exact) mass is 276 g/mol. The predicted molar refractivity (Wildman–Crippen MR) is 79.4 cm³/mol. The van der Waals surface area contributed by atoms with Gasteiger partial charge in [0.2, 0.25) is 5.91 Å². The second kappa shape index (κ2) is 8.02. The fourth-order valence-electron chi connectivity index (χ4n) is 2.45. The van der Waals surface area contributed by atoms with Gasteiger partial charge in [-0.1, -0.05) is 30.3 Å². The molecule has 1 aliphatic heterocycles. The summed E-state index contributed by atoms with van der Waals surface area (Å²) < 4.78 is 5.93. The standard InChI is InChI=1S/C16H24N2O2/c1-17-10-7-16(19)18-11-8-15(9-12-18)20-13-14-5-3-2-4-6-14/h2-6,15,17H,7-13H2,1H3. The van der Waals surface area contributed by atoms with Crippen LogP contribution in [0.15, 0.2) is 30.3 Å². The van der Waals surface area contributed by atoms with E-state index >= 15 is 0 Å². The summed E-state index contributed by atoms with van der Waals surface area (Å²) in [5.41, 5.74) is 1.21. The summed E-state index contributed by atoms with van der Waals surface area (Å²) in [6.07, 6.45) is 2.76. The topological polar surface area (TPSA) is 41.6 Å². The van der Waals surface area contributed by atoms with Gasteiger partial charge in [-0.25, -0.2) is 0 Å². The molecule has 0 spiro atoms. The van der Waals surface area contributed by atoms with Crippen LogP contribution in [0.4, 0.5) is 0 Å². The van der Waals surface area contributed by atoms with Crippen LogP contribution in [0.1, 0.15) is 24.8 Å². The van der Waals surface area contributed by atoms with Crippen LogP contribution in [0.3, 0.4) is 0 Å². The van der Waals surface area contributed by atoms with Crippen LogP contribution >= 0.6 is 0 Å². The Hall–Kier alpha value is -1.39. The molecule has 1 saturated heterocycles. The zero-order valence-electron chi connectivity index (χ0n) is 12.2. The molecule has 1 N–H and O–H groups in total. The molecule has 0 atom stereocenters. The average Bonchev–Trinajstić information content (AvgIpc) is 2.52. The molecule has 1 heterocycles. The molecule has 20 heavy (non-hydrogen) atoms. The van der Waals surface area contributed by atoms with Crippen molar-refractivity contribution in [3.8, 4) is 0 Å². The van der Waals surface area contributed by atoms with Crippen LogP contribution in [-0.4, -0.2) is 43.6 Å². The molecule has 0 aliphatic carbocycles. The largest absolute Gasteiger partial charge is 0.373 e. The Kier molecular flexibility index (Phi) is 6.02. The van der Waals surface area contributed by atoms with Gasteiger partial charge in [0.1, 0.15) is 0 Å². The van der Waals surface area contributed by atoms with Gasteiger partial charge >= 0.3 is 0 Å². The summed E-state index contributed by atoms with van der Waals surface area (Å²) in [5.74, 6) is 0.251. The van der Waals surface area contributed by atoms with Gasteiger partial charge in [-0.3, -0.25) is 4.79 Å². The van der Waals surface area contributed by atoms with E-state index in [0.717, 1.165) is 32.5 Å². The number of carbonyl (C=O) groups excluding carboxylic acids is 1. The number of benzene rings is 1. The molecule has 0 saturated carbocycles. The summed E-state index contributed by atoms with van der Waals surface area (Å²) in [6, 6.07) is 10.2. The van der Waals surface area contributed by atoms with Crippen molar-refractivity contribution in [2.75, 3.05) is 26.7 Å². The number of hydrogen-bond donors (Lipinski definition) is 1. The molecule has 1 aromatic rings. The van der Waals surface area contributed by atoms with Crippen molar-refractivity contribution in [2.45, 2.75) is 32.0 Å². The Balaban J connectivity index is 1.68. The number of hydrogen-bond acceptors (Lipinski definition) is 3. The molecule has 1 aromatic carbocycles. The number of carbonyl (C=O) groups is 1. The highest BCUT2D eigenvalue weighted by Crippen LogP contribution is 2.16. The summed E-state index contributed by atoms with van der Waals surface area (Å²) in [6.45, 7) is 3.06. The first-order valence-corrected chi connectivity index (χ1v) is 7.37. The first-order chi connectivity index (χ1) is 9.79. The van der Waals surface area contributed by atoms with E-state index in [-0.39, 0.29) is 12.0 Å². The van der Waals surface area contributed by atoms with Crippen LogP contribution < -0.4 is 5.32 Å². The SMILES string of the molecule is CNCCC(=O)N1CCC(OCc2ccccc2)CC1. The van der Waals surface area contributed by atoms with Gasteiger partial charge in [-0.05, 0) is 25.5 Å². The van der Waals surface area contributed by atoms with Crippen LogP contribution in [-0.2, 0) is 16.1 Å². The smallest absolute Gasteiger partial charge is 0.223 e. The van der Waals surface area contributed by atoms with Gasteiger partial charge in [-0.15, -0.1) is 0 Å². The highest BCUT2D eigenvalue weighted by Gasteiger charge is 2.22. The molecule has 1 aliphatic rings. The van der Waals surface area contributed by atoms with Gasteiger partial charge in [0.15, 0.2) is 0 Å². The van der Waals surface area contributed by atoms with E-state index in [4.69, 9.17) is 4.74 Å². The lowest BCUT2D eigenvalue weighted by atomic mass is 10.1. The lowest BCUT2D eigenvalue weighted by molar-refractivity contribution is -0.133. The van der Waals surface area contributed by atoms with E-state index in [0.29, 0.717) is 13.0 Å². The van der Waals surface area contributed by atoms with E-state index in [1.54, 1.807) is 0 Å². The first kappa shape index (κ1) is 15.0. The molecular formula is C16H24N2O2. The molecule has 1 fully saturated rings. The Bertz CT molecular complexity index is 400. The summed E-state index contributed by atoms with van der Waals surface area (Å²) >= 11 is 0. The molecule has 2 rings (SSSR count). The lowest BCUT2D eigenvalue weighted by Gasteiger charge is -2.32. The fourth-order valence-corrected chi connectivity index (χ4v) is 2.45. The number of likely N-dealkylation sites (tertiary alicyclic amines) is 1. The molecule has 4 heteroatoms. The number of amides is 1. The second-order valence-electron chi connectivity index (χ2n) is 5.23. The van der Waals surface area contributed by atoms with E-state index in [1.165, 1.54) is 5.56 Å². The number of ether oxygens (including phenoxy) is 1. The van der Waals surface area contributed by atoms with Crippen molar-refractivity contribution in [1.29, 1.82) is 0 Å². The maximum atomic E-state index is 11.9. The number of rotatable bonds is 6. The highest BCUT2D eigenvalue weighted by atomic mass is 16.5. The fraction of sp³-hybridized carbons (Fsp3) is 0.562. The Morgan fingerprint density at radius 3 is 2.65 bits per heavy atom. The third-order valence-electron chi connectivity index (χ3n) is 3.71. The van der Waals surface area contributed by atoms with Gasteiger partial charge < -0.3 is 15.0 Å². The number of piperidine rings is 1. The predicted octanol–water partition coefficient (Wildman–Crippen LogP) is 1.80. The first-order valence-electron chi connectivity index (χ1n) is 7.37. The quantitative estimate of drug-likeness (QED) is 0.861. The minimum atomic E-state index is 0.251. The van der Waals surface area contributed by atoms with Crippen molar-refractivity contribution in [3.05, 3.63) is 35.9 Å². The summed E-state index contributed by atoms with van der Waals surface area (Å²) in [7, 11) is 1.87. The zero-order chi connectivity index (χ0) is 14.2. The maximum absolute atomic E-state index is 11.9. The van der Waals surface area contributed by atoms with Crippen molar-refractivity contribution in [1.82, 2.24) is 10.2 Å². The highest BCUT2D eigenvalue weighted by molar-refractivity contribution is 5.76. The van der Waals surface area contributed by atoms with Crippen LogP contribution in [0.5, 0.6) is 0 Å². The normalized spacial score (nSPS) is 16.4. The molecule has 1 amide bonds. The molecule has 0 unspecified atom stereocenters. The van der Waals surface area contributed by atoms with E-state index in [9.17, 15) is 4.79 Å². The Morgan fingerprint density at radius 1 is 1.30 bits per heavy atom. The Labute approximate surface area is 121 Å². The zero-order valence-corrected chi connectivity index (χ0v) is 12.2. The van der Waals surface area contributed by atoms with Crippen LogP contribution in [0.2, 0.25) is 0 Å². The van der Waals surface area contributed by atoms with Crippen molar-refractivity contribution in [2.24, 2.45) is 0 Å². The minimum absolute atomic E-state index is 0.251. The van der Waals surface area contributed by atoms with Gasteiger partial charge in [0.25, 0.3) is 0 Å². The minimum Gasteiger partial charge on any atom is -0.373 e. The lowest BCUT2D eigenvalue weighted by Crippen LogP contribution is -2.41. The molecule has 0 aromatic heterocycles. The van der Waals surface area contributed by atoms with Crippen LogP contribution in [0, 0.1) is 0 Å². The Morgan fingerprint density at radius 2 is 2.00 bits per heavy atom. The third kappa shape index (κ3) is 4.62. The molecule has 0 radical (unpaired) electrons. The van der Waals surface area contributed by atoms with Crippen molar-refractivity contribution in [3.63, 3.8) is 0 Å². The molecule has 110 valence electrons. The van der Waals surface area contributed by atoms with E-state index < -0.39 is 0 Å². The average molecular weight is 276 g/mol. The van der Waals surface area contributed by atoms with Crippen molar-refractivity contribution >= 4 is 5.91 Å². The summed E-state index contributed by atoms with van der Waals surface area (Å²) in [4.78, 5) is 13.8. The number of nitrogens with zero attached hydrogens (tertiary/aromatic N) is 1. The number of nitrogens with one attached hydrogen (secondary N) is 1. The van der Waals surface area contributed by atoms with Gasteiger partial charge in [0.05, 0.1) is 12.7 Å². The van der Waals surface area contributed by atoms with Crippen LogP contribution in [0.25, 0.3) is 0 Å². The van der Waals surface area contributed by atoms with Crippen molar-refractivity contribution < 1.29 is 9.53 Å². The maximum Gasteiger partial charge on any atom is 0.223 e. The van der Waals surface area contributed by atoms with Gasteiger partial charge in [-0.2, -0.15) is 0 Å². The molecule has 4 nitrogen and oxygen atoms in total. The summed E-state index contributed by atoms with van der Waals surface area (Å²) in [5, 5.41) is 3.01. The molecule has 0 bridgehead atoms.